The lowest BCUT2D eigenvalue weighted by molar-refractivity contribution is -0.148. The molecular weight excluding hydrogens is 470 g/mol. The number of nitrogens with zero attached hydrogens (tertiary/aromatic N) is 1. The highest BCUT2D eigenvalue weighted by molar-refractivity contribution is 7.13. The van der Waals surface area contributed by atoms with Crippen LogP contribution < -0.4 is 10.6 Å². The molecule has 1 heterocycles. The van der Waals surface area contributed by atoms with Gasteiger partial charge in [-0.05, 0) is 22.3 Å². The summed E-state index contributed by atoms with van der Waals surface area (Å²) < 4.78 is 10.3. The molecular formula is C25H25N3O6S. The topological polar surface area (TPSA) is 127 Å². The first-order valence-electron chi connectivity index (χ1n) is 11.0. The van der Waals surface area contributed by atoms with Crippen molar-refractivity contribution in [3.63, 3.8) is 0 Å². The highest BCUT2D eigenvalue weighted by atomic mass is 32.1. The number of benzene rings is 2. The van der Waals surface area contributed by atoms with E-state index in [1.807, 2.05) is 24.3 Å². The van der Waals surface area contributed by atoms with Gasteiger partial charge in [0.1, 0.15) is 16.5 Å². The van der Waals surface area contributed by atoms with Crippen molar-refractivity contribution in [2.75, 3.05) is 20.3 Å². The molecule has 1 aromatic heterocycles. The van der Waals surface area contributed by atoms with E-state index in [1.54, 1.807) is 0 Å². The molecule has 4 rings (SSSR count). The van der Waals surface area contributed by atoms with E-state index in [9.17, 15) is 14.4 Å². The molecule has 10 heteroatoms. The van der Waals surface area contributed by atoms with E-state index in [0.29, 0.717) is 9.88 Å². The van der Waals surface area contributed by atoms with E-state index < -0.39 is 18.2 Å². The summed E-state index contributed by atoms with van der Waals surface area (Å²) in [6.07, 6.45) is 0.0211. The number of carboxylic acids is 1. The van der Waals surface area contributed by atoms with Crippen molar-refractivity contribution in [2.24, 2.45) is 0 Å². The van der Waals surface area contributed by atoms with Crippen LogP contribution in [0.15, 0.2) is 54.7 Å². The molecule has 0 aliphatic heterocycles. The third-order valence-corrected chi connectivity index (χ3v) is 6.75. The van der Waals surface area contributed by atoms with Gasteiger partial charge in [-0.3, -0.25) is 4.79 Å². The summed E-state index contributed by atoms with van der Waals surface area (Å²) in [6, 6.07) is 16.2. The second-order valence-electron chi connectivity index (χ2n) is 7.90. The molecule has 3 N–H and O–H groups in total. The molecule has 1 aliphatic carbocycles. The Morgan fingerprint density at radius 3 is 2.34 bits per heavy atom. The number of ether oxygens (including phenoxy) is 2. The maximum absolute atomic E-state index is 12.3. The molecule has 0 saturated carbocycles. The van der Waals surface area contributed by atoms with E-state index in [-0.39, 0.29) is 37.9 Å². The number of aromatic nitrogens is 1. The predicted octanol–water partition coefficient (Wildman–Crippen LogP) is 3.40. The molecule has 0 saturated heterocycles. The summed E-state index contributed by atoms with van der Waals surface area (Å²) in [6.45, 7) is 0.485. The van der Waals surface area contributed by atoms with Crippen molar-refractivity contribution in [1.82, 2.24) is 15.6 Å². The number of carboxylic acid groups (broad SMARTS) is 1. The second kappa shape index (κ2) is 11.1. The van der Waals surface area contributed by atoms with Crippen molar-refractivity contribution in [1.29, 1.82) is 0 Å². The summed E-state index contributed by atoms with van der Waals surface area (Å²) in [5.74, 6) is -1.47. The number of nitrogens with one attached hydrogen (secondary N) is 2. The van der Waals surface area contributed by atoms with Crippen LogP contribution in [0.5, 0.6) is 0 Å². The Hall–Kier alpha value is -3.76. The number of alkyl carbamates (subject to hydrolysis) is 1. The van der Waals surface area contributed by atoms with Crippen LogP contribution in [0.4, 0.5) is 4.79 Å². The number of rotatable bonds is 10. The Morgan fingerprint density at radius 2 is 1.71 bits per heavy atom. The van der Waals surface area contributed by atoms with Crippen molar-refractivity contribution in [2.45, 2.75) is 25.0 Å². The maximum atomic E-state index is 12.3. The molecule has 2 aromatic carbocycles. The van der Waals surface area contributed by atoms with Gasteiger partial charge in [0.05, 0.1) is 12.7 Å². The molecule has 35 heavy (non-hydrogen) atoms. The van der Waals surface area contributed by atoms with E-state index in [2.05, 4.69) is 39.9 Å². The van der Waals surface area contributed by atoms with Gasteiger partial charge in [-0.25, -0.2) is 14.6 Å². The minimum Gasteiger partial charge on any atom is -0.479 e. The number of amides is 2. The molecule has 9 nitrogen and oxygen atoms in total. The fourth-order valence-electron chi connectivity index (χ4n) is 4.04. The Labute approximate surface area is 206 Å². The van der Waals surface area contributed by atoms with Crippen LogP contribution in [0.3, 0.4) is 0 Å². The zero-order chi connectivity index (χ0) is 24.8. The summed E-state index contributed by atoms with van der Waals surface area (Å²) in [7, 11) is 1.31. The number of fused-ring (bicyclic) bond motifs is 3. The fourth-order valence-corrected chi connectivity index (χ4v) is 4.81. The molecule has 0 spiro atoms. The van der Waals surface area contributed by atoms with Gasteiger partial charge in [0.25, 0.3) is 5.91 Å². The quantitative estimate of drug-likeness (QED) is 0.393. The number of carbonyl (C=O) groups is 3. The van der Waals surface area contributed by atoms with Crippen LogP contribution in [0.1, 0.15) is 38.1 Å². The summed E-state index contributed by atoms with van der Waals surface area (Å²) >= 11 is 1.14. The Bertz CT molecular complexity index is 1180. The van der Waals surface area contributed by atoms with Gasteiger partial charge >= 0.3 is 12.1 Å². The van der Waals surface area contributed by atoms with Crippen LogP contribution in [-0.2, 0) is 20.8 Å². The molecule has 3 aromatic rings. The third kappa shape index (κ3) is 5.67. The minimum absolute atomic E-state index is 0.0258. The summed E-state index contributed by atoms with van der Waals surface area (Å²) in [5.41, 5.74) is 4.59. The standard InChI is InChI=1S/C25H25N3O6S/c1-33-20(24(30)31)10-11-26-23(29)21-12-27-22(35-21)13-28-25(32)34-14-19-17-8-4-2-6-15(17)16-7-3-5-9-18(16)19/h2-9,12,19-20H,10-11,13-14H2,1H3,(H,26,29)(H,28,32)(H,30,31). The normalized spacial score (nSPS) is 12.9. The van der Waals surface area contributed by atoms with Gasteiger partial charge in [0, 0.05) is 26.0 Å². The van der Waals surface area contributed by atoms with Crippen LogP contribution in [0.2, 0.25) is 0 Å². The zero-order valence-corrected chi connectivity index (χ0v) is 19.8. The van der Waals surface area contributed by atoms with Crippen LogP contribution in [0.25, 0.3) is 11.1 Å². The smallest absolute Gasteiger partial charge is 0.407 e. The van der Waals surface area contributed by atoms with Crippen LogP contribution >= 0.6 is 11.3 Å². The van der Waals surface area contributed by atoms with Gasteiger partial charge in [-0.1, -0.05) is 48.5 Å². The number of thiazole rings is 1. The van der Waals surface area contributed by atoms with E-state index in [1.165, 1.54) is 13.3 Å². The summed E-state index contributed by atoms with van der Waals surface area (Å²) in [5, 5.41) is 14.8. The number of carbonyl (C=O) groups excluding carboxylic acids is 2. The first-order valence-corrected chi connectivity index (χ1v) is 11.9. The average molecular weight is 496 g/mol. The number of hydrogen-bond donors (Lipinski definition) is 3. The van der Waals surface area contributed by atoms with Crippen LogP contribution in [-0.4, -0.2) is 54.4 Å². The van der Waals surface area contributed by atoms with Crippen molar-refractivity contribution in [3.8, 4) is 11.1 Å². The Balaban J connectivity index is 1.25. The lowest BCUT2D eigenvalue weighted by atomic mass is 9.98. The van der Waals surface area contributed by atoms with E-state index >= 15 is 0 Å². The molecule has 1 aliphatic rings. The largest absolute Gasteiger partial charge is 0.479 e. The van der Waals surface area contributed by atoms with Crippen molar-refractivity contribution < 1.29 is 29.0 Å². The van der Waals surface area contributed by atoms with Crippen LogP contribution in [0, 0.1) is 0 Å². The monoisotopic (exact) mass is 495 g/mol. The molecule has 1 atom stereocenters. The second-order valence-corrected chi connectivity index (χ2v) is 9.02. The van der Waals surface area contributed by atoms with Gasteiger partial charge in [-0.15, -0.1) is 11.3 Å². The van der Waals surface area contributed by atoms with Gasteiger partial charge < -0.3 is 25.2 Å². The number of hydrogen-bond acceptors (Lipinski definition) is 7. The zero-order valence-electron chi connectivity index (χ0n) is 19.0. The van der Waals surface area contributed by atoms with Crippen molar-refractivity contribution in [3.05, 3.63) is 75.7 Å². The van der Waals surface area contributed by atoms with E-state index in [4.69, 9.17) is 14.6 Å². The molecule has 182 valence electrons. The lowest BCUT2D eigenvalue weighted by Gasteiger charge is -2.14. The highest BCUT2D eigenvalue weighted by Gasteiger charge is 2.29. The minimum atomic E-state index is -1.08. The molecule has 0 radical (unpaired) electrons. The SMILES string of the molecule is COC(CCNC(=O)c1cnc(CNC(=O)OCC2c3ccccc3-c3ccccc32)s1)C(=O)O. The van der Waals surface area contributed by atoms with E-state index in [0.717, 1.165) is 33.6 Å². The average Bonchev–Trinajstić information content (AvgIpc) is 3.47. The first-order chi connectivity index (χ1) is 17.0. The Kier molecular flexibility index (Phi) is 7.74. The van der Waals surface area contributed by atoms with Gasteiger partial charge in [0.2, 0.25) is 0 Å². The fraction of sp³-hybridized carbons (Fsp3) is 0.280. The molecule has 0 fully saturated rings. The Morgan fingerprint density at radius 1 is 1.06 bits per heavy atom. The molecule has 1 unspecified atom stereocenters. The summed E-state index contributed by atoms with van der Waals surface area (Å²) in [4.78, 5) is 40.0. The first kappa shape index (κ1) is 24.4. The predicted molar refractivity (Wildman–Crippen MR) is 129 cm³/mol. The van der Waals surface area contributed by atoms with Gasteiger partial charge in [-0.2, -0.15) is 0 Å². The van der Waals surface area contributed by atoms with Crippen molar-refractivity contribution >= 4 is 29.3 Å². The molecule has 0 bridgehead atoms. The molecule has 2 amide bonds. The number of methoxy groups -OCH3 is 1. The van der Waals surface area contributed by atoms with Gasteiger partial charge in [0.15, 0.2) is 6.10 Å². The highest BCUT2D eigenvalue weighted by Crippen LogP contribution is 2.44. The third-order valence-electron chi connectivity index (χ3n) is 5.76. The number of aliphatic carboxylic acids is 1. The maximum Gasteiger partial charge on any atom is 0.407 e. The lowest BCUT2D eigenvalue weighted by Crippen LogP contribution is -2.30.